The molecule has 2 aliphatic rings. The first-order valence-electron chi connectivity index (χ1n) is 11.8. The van der Waals surface area contributed by atoms with E-state index in [2.05, 4.69) is 36.2 Å². The molecule has 1 amide bonds. The first-order valence-corrected chi connectivity index (χ1v) is 11.8. The fourth-order valence-electron chi connectivity index (χ4n) is 4.62. The van der Waals surface area contributed by atoms with Crippen LogP contribution in [0.5, 0.6) is 0 Å². The van der Waals surface area contributed by atoms with Crippen LogP contribution in [0.25, 0.3) is 22.6 Å². The lowest BCUT2D eigenvalue weighted by molar-refractivity contribution is 0.0922. The number of carbonyl (C=O) groups is 1. The molecule has 3 aromatic rings. The maximum Gasteiger partial charge on any atom is 0.271 e. The van der Waals surface area contributed by atoms with E-state index < -0.39 is 0 Å². The van der Waals surface area contributed by atoms with Gasteiger partial charge in [0, 0.05) is 42.8 Å². The van der Waals surface area contributed by atoms with Crippen molar-refractivity contribution in [2.75, 3.05) is 31.2 Å². The molecule has 8 nitrogen and oxygen atoms in total. The van der Waals surface area contributed by atoms with Gasteiger partial charge in [0.15, 0.2) is 5.82 Å². The second-order valence-electron chi connectivity index (χ2n) is 8.83. The van der Waals surface area contributed by atoms with E-state index in [1.807, 2.05) is 31.5 Å². The van der Waals surface area contributed by atoms with Crippen LogP contribution < -0.4 is 10.2 Å². The number of aromatic amines is 1. The van der Waals surface area contributed by atoms with Gasteiger partial charge < -0.3 is 19.9 Å². The van der Waals surface area contributed by atoms with Gasteiger partial charge in [-0.15, -0.1) is 0 Å². The standard InChI is InChI=1S/C25H30N6O2/c1-17-23(25(32)29-20-5-3-2-4-6-20)30-24(28-17)22-14-18(7-8-27-22)19-13-21(16-26-15-19)31-9-11-33-12-10-31/h7-8,13-16,20H,2-6,9-12H2,1H3,(H,28,30)(H,29,32). The number of hydrogen-bond donors (Lipinski definition) is 2. The van der Waals surface area contributed by atoms with E-state index in [9.17, 15) is 4.79 Å². The number of rotatable bonds is 5. The molecule has 4 heterocycles. The van der Waals surface area contributed by atoms with E-state index >= 15 is 0 Å². The van der Waals surface area contributed by atoms with Crippen molar-refractivity contribution in [3.63, 3.8) is 0 Å². The van der Waals surface area contributed by atoms with Crippen molar-refractivity contribution in [1.29, 1.82) is 0 Å². The molecule has 5 rings (SSSR count). The predicted octanol–water partition coefficient (Wildman–Crippen LogP) is 3.74. The minimum atomic E-state index is -0.111. The van der Waals surface area contributed by atoms with Crippen molar-refractivity contribution in [3.05, 3.63) is 48.2 Å². The number of imidazole rings is 1. The van der Waals surface area contributed by atoms with E-state index in [1.54, 1.807) is 6.20 Å². The Morgan fingerprint density at radius 3 is 2.76 bits per heavy atom. The number of nitrogens with one attached hydrogen (secondary N) is 2. The molecule has 2 N–H and O–H groups in total. The monoisotopic (exact) mass is 446 g/mol. The molecule has 0 aromatic carbocycles. The average molecular weight is 447 g/mol. The van der Waals surface area contributed by atoms with Gasteiger partial charge >= 0.3 is 0 Å². The van der Waals surface area contributed by atoms with Crippen LogP contribution in [-0.4, -0.2) is 58.2 Å². The summed E-state index contributed by atoms with van der Waals surface area (Å²) in [7, 11) is 0. The van der Waals surface area contributed by atoms with E-state index in [0.717, 1.165) is 61.7 Å². The van der Waals surface area contributed by atoms with Gasteiger partial charge in [0.1, 0.15) is 11.4 Å². The zero-order valence-electron chi connectivity index (χ0n) is 19.0. The van der Waals surface area contributed by atoms with Crippen LogP contribution in [0.4, 0.5) is 5.69 Å². The Bertz CT molecular complexity index is 1120. The number of aromatic nitrogens is 4. The van der Waals surface area contributed by atoms with Gasteiger partial charge in [0.25, 0.3) is 5.91 Å². The van der Waals surface area contributed by atoms with Gasteiger partial charge in [0.05, 0.1) is 25.1 Å². The summed E-state index contributed by atoms with van der Waals surface area (Å²) in [5.41, 5.74) is 5.00. The van der Waals surface area contributed by atoms with Crippen molar-refractivity contribution in [2.24, 2.45) is 0 Å². The molecule has 0 bridgehead atoms. The average Bonchev–Trinajstić information content (AvgIpc) is 3.27. The minimum Gasteiger partial charge on any atom is -0.378 e. The summed E-state index contributed by atoms with van der Waals surface area (Å²) in [6, 6.07) is 6.35. The fourth-order valence-corrected chi connectivity index (χ4v) is 4.62. The van der Waals surface area contributed by atoms with Gasteiger partial charge in [-0.1, -0.05) is 19.3 Å². The molecular formula is C25H30N6O2. The van der Waals surface area contributed by atoms with Crippen molar-refractivity contribution in [3.8, 4) is 22.6 Å². The quantitative estimate of drug-likeness (QED) is 0.620. The predicted molar refractivity (Wildman–Crippen MR) is 127 cm³/mol. The molecule has 0 spiro atoms. The number of H-pyrrole nitrogens is 1. The Morgan fingerprint density at radius 2 is 1.94 bits per heavy atom. The highest BCUT2D eigenvalue weighted by atomic mass is 16.5. The van der Waals surface area contributed by atoms with Gasteiger partial charge in [-0.25, -0.2) is 4.98 Å². The van der Waals surface area contributed by atoms with Gasteiger partial charge in [-0.05, 0) is 43.5 Å². The number of amides is 1. The number of pyridine rings is 2. The molecular weight excluding hydrogens is 416 g/mol. The van der Waals surface area contributed by atoms with E-state index in [4.69, 9.17) is 4.74 Å². The number of morpholine rings is 1. The lowest BCUT2D eigenvalue weighted by Gasteiger charge is -2.28. The summed E-state index contributed by atoms with van der Waals surface area (Å²) in [5, 5.41) is 3.15. The van der Waals surface area contributed by atoms with Crippen LogP contribution in [0.15, 0.2) is 36.8 Å². The number of aryl methyl sites for hydroxylation is 1. The van der Waals surface area contributed by atoms with Gasteiger partial charge in [-0.3, -0.25) is 14.8 Å². The van der Waals surface area contributed by atoms with Crippen LogP contribution in [0, 0.1) is 6.92 Å². The summed E-state index contributed by atoms with van der Waals surface area (Å²) >= 11 is 0. The topological polar surface area (TPSA) is 96.0 Å². The molecule has 1 aliphatic heterocycles. The van der Waals surface area contributed by atoms with Crippen LogP contribution in [-0.2, 0) is 4.74 Å². The van der Waals surface area contributed by atoms with Crippen molar-refractivity contribution < 1.29 is 9.53 Å². The third kappa shape index (κ3) is 4.90. The van der Waals surface area contributed by atoms with E-state index in [0.29, 0.717) is 17.2 Å². The lowest BCUT2D eigenvalue weighted by atomic mass is 9.95. The Balaban J connectivity index is 1.36. The first kappa shape index (κ1) is 21.6. The second kappa shape index (κ2) is 9.70. The summed E-state index contributed by atoms with van der Waals surface area (Å²) in [6.45, 7) is 5.08. The molecule has 2 fully saturated rings. The Labute approximate surface area is 193 Å². The summed E-state index contributed by atoms with van der Waals surface area (Å²) < 4.78 is 5.46. The maximum atomic E-state index is 12.8. The van der Waals surface area contributed by atoms with Crippen LogP contribution >= 0.6 is 0 Å². The number of carbonyl (C=O) groups excluding carboxylic acids is 1. The van der Waals surface area contributed by atoms with Gasteiger partial charge in [-0.2, -0.15) is 0 Å². The molecule has 0 atom stereocenters. The zero-order valence-corrected chi connectivity index (χ0v) is 19.0. The van der Waals surface area contributed by atoms with E-state index in [-0.39, 0.29) is 11.9 Å². The van der Waals surface area contributed by atoms with Crippen molar-refractivity contribution in [2.45, 2.75) is 45.1 Å². The zero-order chi connectivity index (χ0) is 22.6. The third-order valence-corrected chi connectivity index (χ3v) is 6.48. The molecule has 172 valence electrons. The summed E-state index contributed by atoms with van der Waals surface area (Å²) in [6.07, 6.45) is 11.2. The molecule has 33 heavy (non-hydrogen) atoms. The largest absolute Gasteiger partial charge is 0.378 e. The Kier molecular flexibility index (Phi) is 6.35. The number of hydrogen-bond acceptors (Lipinski definition) is 6. The number of nitrogens with zero attached hydrogens (tertiary/aromatic N) is 4. The maximum absolute atomic E-state index is 12.8. The Hall–Kier alpha value is -3.26. The van der Waals surface area contributed by atoms with Crippen molar-refractivity contribution >= 4 is 11.6 Å². The highest BCUT2D eigenvalue weighted by Gasteiger charge is 2.21. The summed E-state index contributed by atoms with van der Waals surface area (Å²) in [5.74, 6) is 0.487. The second-order valence-corrected chi connectivity index (χ2v) is 8.83. The highest BCUT2D eigenvalue weighted by Crippen LogP contribution is 2.27. The van der Waals surface area contributed by atoms with Crippen LogP contribution in [0.2, 0.25) is 0 Å². The highest BCUT2D eigenvalue weighted by molar-refractivity contribution is 5.94. The molecule has 1 saturated carbocycles. The minimum absolute atomic E-state index is 0.111. The number of ether oxygens (including phenoxy) is 1. The molecule has 1 aliphatic carbocycles. The SMILES string of the molecule is Cc1[nH]c(-c2cc(-c3cncc(N4CCOCC4)c3)ccn2)nc1C(=O)NC1CCCCC1. The molecule has 0 unspecified atom stereocenters. The first-order chi connectivity index (χ1) is 16.2. The van der Waals surface area contributed by atoms with Crippen LogP contribution in [0.1, 0.15) is 48.3 Å². The summed E-state index contributed by atoms with van der Waals surface area (Å²) in [4.78, 5) is 31.9. The molecule has 8 heteroatoms. The smallest absolute Gasteiger partial charge is 0.271 e. The normalized spacial score (nSPS) is 17.2. The third-order valence-electron chi connectivity index (χ3n) is 6.48. The number of anilines is 1. The lowest BCUT2D eigenvalue weighted by Crippen LogP contribution is -2.36. The van der Waals surface area contributed by atoms with Crippen molar-refractivity contribution in [1.82, 2.24) is 25.3 Å². The molecule has 0 radical (unpaired) electrons. The fraction of sp³-hybridized carbons (Fsp3) is 0.440. The van der Waals surface area contributed by atoms with Gasteiger partial charge in [0.2, 0.25) is 0 Å². The molecule has 3 aromatic heterocycles. The van der Waals surface area contributed by atoms with Crippen LogP contribution in [0.3, 0.4) is 0 Å². The Morgan fingerprint density at radius 1 is 1.12 bits per heavy atom. The molecule has 1 saturated heterocycles. The van der Waals surface area contributed by atoms with E-state index in [1.165, 1.54) is 19.3 Å².